The molecular formula is C68H47NO. The highest BCUT2D eigenvalue weighted by Crippen LogP contribution is 2.50. The molecule has 0 spiro atoms. The summed E-state index contributed by atoms with van der Waals surface area (Å²) >= 11 is 0. The second-order valence-corrected chi connectivity index (χ2v) is 18.3. The molecule has 330 valence electrons. The summed E-state index contributed by atoms with van der Waals surface area (Å²) in [6, 6.07) is 95.1. The van der Waals surface area contributed by atoms with Gasteiger partial charge in [0, 0.05) is 33.3 Å². The lowest BCUT2D eigenvalue weighted by Gasteiger charge is -2.28. The van der Waals surface area contributed by atoms with Gasteiger partial charge in [0.05, 0.1) is 5.69 Å². The van der Waals surface area contributed by atoms with Crippen LogP contribution in [0.5, 0.6) is 5.75 Å². The third-order valence-corrected chi connectivity index (χ3v) is 14.3. The number of hydrogen-bond donors (Lipinski definition) is 0. The summed E-state index contributed by atoms with van der Waals surface area (Å²) in [5.74, 6) is 0.904. The minimum Gasteiger partial charge on any atom is -0.485 e. The number of rotatable bonds is 6. The van der Waals surface area contributed by atoms with Gasteiger partial charge < -0.3 is 9.64 Å². The summed E-state index contributed by atoms with van der Waals surface area (Å²) in [5, 5.41) is 7.01. The maximum atomic E-state index is 7.33. The van der Waals surface area contributed by atoms with Crippen LogP contribution >= 0.6 is 0 Å². The zero-order valence-corrected chi connectivity index (χ0v) is 38.8. The van der Waals surface area contributed by atoms with Crippen molar-refractivity contribution >= 4 is 49.4 Å². The summed E-state index contributed by atoms with van der Waals surface area (Å²) in [7, 11) is 0. The molecule has 70 heavy (non-hydrogen) atoms. The van der Waals surface area contributed by atoms with E-state index in [0.29, 0.717) is 0 Å². The number of anilines is 3. The van der Waals surface area contributed by atoms with Crippen molar-refractivity contribution in [1.29, 1.82) is 0 Å². The third-order valence-electron chi connectivity index (χ3n) is 14.3. The van der Waals surface area contributed by atoms with E-state index in [0.717, 1.165) is 61.2 Å². The zero-order valence-electron chi connectivity index (χ0n) is 38.8. The fourth-order valence-corrected chi connectivity index (χ4v) is 11.0. The first kappa shape index (κ1) is 41.2. The van der Waals surface area contributed by atoms with Crippen LogP contribution in [0.15, 0.2) is 261 Å². The molecule has 12 aromatic carbocycles. The van der Waals surface area contributed by atoms with Crippen molar-refractivity contribution in [2.45, 2.75) is 13.0 Å². The van der Waals surface area contributed by atoms with E-state index in [1.165, 1.54) is 66.2 Å². The topological polar surface area (TPSA) is 12.5 Å². The average molecular weight is 894 g/mol. The molecule has 0 aromatic heterocycles. The van der Waals surface area contributed by atoms with Crippen molar-refractivity contribution in [3.8, 4) is 72.5 Å². The largest absolute Gasteiger partial charge is 0.485 e. The minimum absolute atomic E-state index is 0.230. The number of nitrogens with zero attached hydrogens (tertiary/aromatic N) is 1. The lowest BCUT2D eigenvalue weighted by atomic mass is 9.83. The molecule has 1 aliphatic rings. The molecule has 0 bridgehead atoms. The summed E-state index contributed by atoms with van der Waals surface area (Å²) < 4.78 is 7.33. The Morgan fingerprint density at radius 1 is 0.300 bits per heavy atom. The molecule has 12 aromatic rings. The highest BCUT2D eigenvalue weighted by molar-refractivity contribution is 6.08. The fourth-order valence-electron chi connectivity index (χ4n) is 11.0. The fraction of sp³-hybridized carbons (Fsp3) is 0.0294. The molecule has 0 saturated heterocycles. The molecule has 13 rings (SSSR count). The van der Waals surface area contributed by atoms with Gasteiger partial charge in [-0.3, -0.25) is 0 Å². The molecule has 0 radical (unpaired) electrons. The number of benzene rings is 12. The Morgan fingerprint density at radius 2 is 0.814 bits per heavy atom. The van der Waals surface area contributed by atoms with Gasteiger partial charge in [-0.05, 0) is 132 Å². The number of fused-ring (bicyclic) bond motifs is 12. The maximum Gasteiger partial charge on any atom is 0.135 e. The maximum absolute atomic E-state index is 7.33. The molecule has 0 amide bonds. The van der Waals surface area contributed by atoms with Gasteiger partial charge in [-0.1, -0.05) is 218 Å². The van der Waals surface area contributed by atoms with Gasteiger partial charge in [-0.25, -0.2) is 0 Å². The Labute approximate surface area is 409 Å². The van der Waals surface area contributed by atoms with Gasteiger partial charge in [0.1, 0.15) is 11.9 Å². The summed E-state index contributed by atoms with van der Waals surface area (Å²) in [6.07, 6.45) is -0.230. The number of ether oxygens (including phenoxy) is 1. The number of hydrogen-bond acceptors (Lipinski definition) is 2. The van der Waals surface area contributed by atoms with E-state index < -0.39 is 0 Å². The Bertz CT molecular complexity index is 3930. The molecule has 1 atom stereocenters. The van der Waals surface area contributed by atoms with Crippen LogP contribution in [-0.2, 0) is 0 Å². The zero-order chi connectivity index (χ0) is 46.5. The SMILES string of the molecule is C[C@H]1Oc2c(ccc3ccccc23)-c2ccc(-c3cccc4c(N(c5ccc(-c6ccccc6)cc5)c5cccc(-c6ccccc6)c5)cccc34)cc2-c2ccccc2-c2ccc3ccccc3c21. The van der Waals surface area contributed by atoms with E-state index in [1.54, 1.807) is 0 Å². The highest BCUT2D eigenvalue weighted by Gasteiger charge is 2.26. The van der Waals surface area contributed by atoms with E-state index in [-0.39, 0.29) is 6.10 Å². The van der Waals surface area contributed by atoms with Crippen LogP contribution < -0.4 is 9.64 Å². The Morgan fingerprint density at radius 3 is 1.59 bits per heavy atom. The molecule has 2 nitrogen and oxygen atoms in total. The molecule has 0 saturated carbocycles. The van der Waals surface area contributed by atoms with Crippen LogP contribution in [0.1, 0.15) is 18.6 Å². The van der Waals surface area contributed by atoms with Crippen LogP contribution in [0, 0.1) is 0 Å². The highest BCUT2D eigenvalue weighted by atomic mass is 16.5. The van der Waals surface area contributed by atoms with Gasteiger partial charge in [0.15, 0.2) is 0 Å². The van der Waals surface area contributed by atoms with E-state index >= 15 is 0 Å². The van der Waals surface area contributed by atoms with E-state index in [4.69, 9.17) is 4.74 Å². The van der Waals surface area contributed by atoms with Gasteiger partial charge >= 0.3 is 0 Å². The van der Waals surface area contributed by atoms with E-state index in [9.17, 15) is 0 Å². The van der Waals surface area contributed by atoms with Crippen molar-refractivity contribution in [3.63, 3.8) is 0 Å². The van der Waals surface area contributed by atoms with Crippen molar-refractivity contribution < 1.29 is 4.74 Å². The first-order valence-electron chi connectivity index (χ1n) is 24.2. The molecule has 0 unspecified atom stereocenters. The van der Waals surface area contributed by atoms with E-state index in [2.05, 4.69) is 273 Å². The van der Waals surface area contributed by atoms with Crippen LogP contribution in [0.25, 0.3) is 99.1 Å². The Balaban J connectivity index is 1.02. The second kappa shape index (κ2) is 17.3. The van der Waals surface area contributed by atoms with Gasteiger partial charge in [0.25, 0.3) is 0 Å². The van der Waals surface area contributed by atoms with Crippen LogP contribution in [0.4, 0.5) is 17.1 Å². The summed E-state index contributed by atoms with van der Waals surface area (Å²) in [4.78, 5) is 2.42. The van der Waals surface area contributed by atoms with Crippen LogP contribution in [0.3, 0.4) is 0 Å². The Hall–Kier alpha value is -8.98. The average Bonchev–Trinajstić information content (AvgIpc) is 3.43. The van der Waals surface area contributed by atoms with Crippen molar-refractivity contribution in [3.05, 3.63) is 266 Å². The summed E-state index contributed by atoms with van der Waals surface area (Å²) in [5.41, 5.74) is 18.5. The quantitative estimate of drug-likeness (QED) is 0.165. The molecule has 1 aliphatic heterocycles. The third kappa shape index (κ3) is 7.12. The van der Waals surface area contributed by atoms with Crippen molar-refractivity contribution in [2.75, 3.05) is 4.90 Å². The van der Waals surface area contributed by atoms with Gasteiger partial charge in [-0.15, -0.1) is 0 Å². The first-order valence-corrected chi connectivity index (χ1v) is 24.2. The lowest BCUT2D eigenvalue weighted by Crippen LogP contribution is -2.10. The van der Waals surface area contributed by atoms with E-state index in [1.807, 2.05) is 0 Å². The molecule has 0 N–H and O–H groups in total. The van der Waals surface area contributed by atoms with Crippen LogP contribution in [0.2, 0.25) is 0 Å². The Kier molecular flexibility index (Phi) is 10.2. The van der Waals surface area contributed by atoms with Gasteiger partial charge in [-0.2, -0.15) is 0 Å². The molecule has 1 heterocycles. The standard InChI is InChI=1S/C68H47NO/c1-45-67-56-25-10-8-21-49(56)35-41-63(67)59-27-12-13-28-60(59)65-44-52(37-40-61(65)64-42-36-50-22-9-11-26-57(50)68(64)70-45)55-29-15-31-62-58(55)30-16-32-66(62)69(53-38-33-48(34-39-53)46-17-4-2-5-18-46)54-24-14-23-51(43-54)47-19-6-3-7-20-47/h2-45H,1H3/t45-/m1/s1. The van der Waals surface area contributed by atoms with Crippen molar-refractivity contribution in [2.24, 2.45) is 0 Å². The molecule has 2 heteroatoms. The monoisotopic (exact) mass is 893 g/mol. The molecule has 0 fully saturated rings. The predicted octanol–water partition coefficient (Wildman–Crippen LogP) is 19.1. The smallest absolute Gasteiger partial charge is 0.135 e. The first-order chi connectivity index (χ1) is 34.6. The minimum atomic E-state index is -0.230. The van der Waals surface area contributed by atoms with Gasteiger partial charge in [0.2, 0.25) is 0 Å². The summed E-state index contributed by atoms with van der Waals surface area (Å²) in [6.45, 7) is 2.21. The molecular weight excluding hydrogens is 847 g/mol. The van der Waals surface area contributed by atoms with Crippen molar-refractivity contribution in [1.82, 2.24) is 0 Å². The normalized spacial score (nSPS) is 12.9. The van der Waals surface area contributed by atoms with Crippen LogP contribution in [-0.4, -0.2) is 0 Å². The molecule has 0 aliphatic carbocycles. The lowest BCUT2D eigenvalue weighted by molar-refractivity contribution is 0.233. The predicted molar refractivity (Wildman–Crippen MR) is 295 cm³/mol. The second-order valence-electron chi connectivity index (χ2n) is 18.3.